The second kappa shape index (κ2) is 6.18. The summed E-state index contributed by atoms with van der Waals surface area (Å²) in [7, 11) is 0. The Kier molecular flexibility index (Phi) is 4.30. The van der Waals surface area contributed by atoms with Crippen LogP contribution in [-0.4, -0.2) is 36.3 Å². The number of pyridine rings is 1. The van der Waals surface area contributed by atoms with Gasteiger partial charge in [-0.25, -0.2) is 0 Å². The Labute approximate surface area is 101 Å². The molecule has 1 saturated heterocycles. The Hall–Kier alpha value is -1.65. The highest BCUT2D eigenvalue weighted by atomic mass is 16.3. The van der Waals surface area contributed by atoms with Crippen molar-refractivity contribution in [2.24, 2.45) is 0 Å². The van der Waals surface area contributed by atoms with Crippen LogP contribution in [0.5, 0.6) is 5.75 Å². The molecule has 1 aliphatic rings. The van der Waals surface area contributed by atoms with E-state index >= 15 is 0 Å². The minimum Gasteiger partial charge on any atom is -0.506 e. The zero-order chi connectivity index (χ0) is 11.9. The molecule has 0 saturated carbocycles. The third-order valence-corrected chi connectivity index (χ3v) is 2.57. The summed E-state index contributed by atoms with van der Waals surface area (Å²) in [5, 5.41) is 16.7. The Morgan fingerprint density at radius 1 is 0.941 bits per heavy atom. The fourth-order valence-electron chi connectivity index (χ4n) is 1.69. The maximum absolute atomic E-state index is 9.31. The summed E-state index contributed by atoms with van der Waals surface area (Å²) >= 11 is 0. The number of aromatic nitrogens is 1. The van der Waals surface area contributed by atoms with Crippen LogP contribution in [0.4, 0.5) is 0 Å². The molecule has 1 fully saturated rings. The summed E-state index contributed by atoms with van der Waals surface area (Å²) in [6.07, 6.45) is 1.67. The number of rotatable bonds is 0. The van der Waals surface area contributed by atoms with Crippen molar-refractivity contribution in [1.29, 1.82) is 0 Å². The highest BCUT2D eigenvalue weighted by Crippen LogP contribution is 2.20. The van der Waals surface area contributed by atoms with Crippen LogP contribution >= 0.6 is 0 Å². The van der Waals surface area contributed by atoms with Crippen LogP contribution in [0, 0.1) is 0 Å². The average Bonchev–Trinajstić information content (AvgIpc) is 2.42. The molecular weight excluding hydrogens is 214 g/mol. The Morgan fingerprint density at radius 2 is 1.59 bits per heavy atom. The average molecular weight is 231 g/mol. The summed E-state index contributed by atoms with van der Waals surface area (Å²) in [5.74, 6) is 0.239. The third-order valence-electron chi connectivity index (χ3n) is 2.57. The molecular formula is C13H17N3O. The minimum atomic E-state index is 0.239. The van der Waals surface area contributed by atoms with Crippen LogP contribution in [0.25, 0.3) is 10.9 Å². The number of aromatic hydroxyl groups is 1. The van der Waals surface area contributed by atoms with Crippen molar-refractivity contribution in [2.75, 3.05) is 26.2 Å². The monoisotopic (exact) mass is 231 g/mol. The lowest BCUT2D eigenvalue weighted by Gasteiger charge is -2.11. The van der Waals surface area contributed by atoms with Crippen LogP contribution in [0.2, 0.25) is 0 Å². The SMILES string of the molecule is C1CNCCN1.Oc1cccc2cccnc12. The van der Waals surface area contributed by atoms with Gasteiger partial charge in [-0.2, -0.15) is 0 Å². The van der Waals surface area contributed by atoms with Gasteiger partial charge in [0.15, 0.2) is 0 Å². The van der Waals surface area contributed by atoms with Crippen molar-refractivity contribution >= 4 is 10.9 Å². The number of hydrogen-bond donors (Lipinski definition) is 3. The van der Waals surface area contributed by atoms with E-state index in [1.54, 1.807) is 18.3 Å². The van der Waals surface area contributed by atoms with Crippen LogP contribution in [0.3, 0.4) is 0 Å². The second-order valence-electron chi connectivity index (χ2n) is 3.85. The van der Waals surface area contributed by atoms with E-state index in [1.807, 2.05) is 18.2 Å². The number of phenols is 1. The first-order chi connectivity index (χ1) is 8.38. The molecule has 17 heavy (non-hydrogen) atoms. The molecule has 3 N–H and O–H groups in total. The maximum atomic E-state index is 9.31. The molecule has 0 unspecified atom stereocenters. The van der Waals surface area contributed by atoms with Crippen molar-refractivity contribution < 1.29 is 5.11 Å². The lowest BCUT2D eigenvalue weighted by Crippen LogP contribution is -2.39. The van der Waals surface area contributed by atoms with E-state index in [2.05, 4.69) is 15.6 Å². The van der Waals surface area contributed by atoms with Crippen molar-refractivity contribution in [3.8, 4) is 5.75 Å². The fourth-order valence-corrected chi connectivity index (χ4v) is 1.69. The molecule has 2 heterocycles. The quantitative estimate of drug-likeness (QED) is 0.636. The van der Waals surface area contributed by atoms with E-state index in [9.17, 15) is 5.11 Å². The van der Waals surface area contributed by atoms with Gasteiger partial charge in [0.25, 0.3) is 0 Å². The Balaban J connectivity index is 0.000000153. The van der Waals surface area contributed by atoms with E-state index in [4.69, 9.17) is 0 Å². The van der Waals surface area contributed by atoms with Crippen molar-refractivity contribution in [3.05, 3.63) is 36.5 Å². The van der Waals surface area contributed by atoms with E-state index in [1.165, 1.54) is 0 Å². The van der Waals surface area contributed by atoms with Crippen LogP contribution in [-0.2, 0) is 0 Å². The number of nitrogens with zero attached hydrogens (tertiary/aromatic N) is 1. The van der Waals surface area contributed by atoms with Crippen LogP contribution in [0.1, 0.15) is 0 Å². The molecule has 1 aromatic carbocycles. The number of hydrogen-bond acceptors (Lipinski definition) is 4. The van der Waals surface area contributed by atoms with E-state index < -0.39 is 0 Å². The largest absolute Gasteiger partial charge is 0.506 e. The molecule has 3 rings (SSSR count). The Morgan fingerprint density at radius 3 is 2.18 bits per heavy atom. The highest BCUT2D eigenvalue weighted by molar-refractivity contribution is 5.83. The molecule has 4 nitrogen and oxygen atoms in total. The summed E-state index contributed by atoms with van der Waals surface area (Å²) in [4.78, 5) is 4.03. The normalized spacial score (nSPS) is 15.1. The number of fused-ring (bicyclic) bond motifs is 1. The summed E-state index contributed by atoms with van der Waals surface area (Å²) in [6.45, 7) is 4.56. The summed E-state index contributed by atoms with van der Waals surface area (Å²) < 4.78 is 0. The molecule has 0 bridgehead atoms. The molecule has 4 heteroatoms. The lowest BCUT2D eigenvalue weighted by molar-refractivity contribution is 0.480. The first-order valence-electron chi connectivity index (χ1n) is 5.82. The zero-order valence-electron chi connectivity index (χ0n) is 9.69. The van der Waals surface area contributed by atoms with Crippen molar-refractivity contribution in [3.63, 3.8) is 0 Å². The van der Waals surface area contributed by atoms with Gasteiger partial charge in [0.1, 0.15) is 11.3 Å². The predicted molar refractivity (Wildman–Crippen MR) is 69.1 cm³/mol. The third kappa shape index (κ3) is 3.41. The second-order valence-corrected chi connectivity index (χ2v) is 3.85. The standard InChI is InChI=1S/C9H7NO.C4H10N2/c11-8-5-1-3-7-4-2-6-10-9(7)8;1-2-6-4-3-5-1/h1-6,11H;5-6H,1-4H2. The molecule has 0 spiro atoms. The topological polar surface area (TPSA) is 57.2 Å². The van der Waals surface area contributed by atoms with Gasteiger partial charge in [0, 0.05) is 37.8 Å². The molecule has 2 aromatic rings. The Bertz CT molecular complexity index is 452. The number of nitrogens with one attached hydrogen (secondary N) is 2. The predicted octanol–water partition coefficient (Wildman–Crippen LogP) is 1.12. The maximum Gasteiger partial charge on any atom is 0.141 e. The molecule has 0 amide bonds. The van der Waals surface area contributed by atoms with Crippen molar-refractivity contribution in [1.82, 2.24) is 15.6 Å². The number of para-hydroxylation sites is 1. The minimum absolute atomic E-state index is 0.239. The summed E-state index contributed by atoms with van der Waals surface area (Å²) in [6, 6.07) is 9.13. The van der Waals surface area contributed by atoms with E-state index in [0.29, 0.717) is 5.52 Å². The highest BCUT2D eigenvalue weighted by Gasteiger charge is 1.96. The van der Waals surface area contributed by atoms with Crippen molar-refractivity contribution in [2.45, 2.75) is 0 Å². The number of piperazine rings is 1. The smallest absolute Gasteiger partial charge is 0.141 e. The molecule has 1 aliphatic heterocycles. The van der Waals surface area contributed by atoms with Gasteiger partial charge in [-0.05, 0) is 12.1 Å². The molecule has 0 radical (unpaired) electrons. The summed E-state index contributed by atoms with van der Waals surface area (Å²) in [5.41, 5.74) is 0.662. The zero-order valence-corrected chi connectivity index (χ0v) is 9.69. The van der Waals surface area contributed by atoms with Crippen LogP contribution in [0.15, 0.2) is 36.5 Å². The van der Waals surface area contributed by atoms with E-state index in [0.717, 1.165) is 31.6 Å². The van der Waals surface area contributed by atoms with Gasteiger partial charge < -0.3 is 15.7 Å². The first kappa shape index (κ1) is 11.8. The van der Waals surface area contributed by atoms with Gasteiger partial charge in [-0.1, -0.05) is 18.2 Å². The molecule has 90 valence electrons. The van der Waals surface area contributed by atoms with Gasteiger partial charge >= 0.3 is 0 Å². The van der Waals surface area contributed by atoms with E-state index in [-0.39, 0.29) is 5.75 Å². The number of benzene rings is 1. The molecule has 1 aromatic heterocycles. The molecule has 0 aliphatic carbocycles. The van der Waals surface area contributed by atoms with Gasteiger partial charge in [0.05, 0.1) is 0 Å². The van der Waals surface area contributed by atoms with Gasteiger partial charge in [-0.15, -0.1) is 0 Å². The molecule has 0 atom stereocenters. The number of phenolic OH excluding ortho intramolecular Hbond substituents is 1. The fraction of sp³-hybridized carbons (Fsp3) is 0.308. The first-order valence-corrected chi connectivity index (χ1v) is 5.82. The van der Waals surface area contributed by atoms with Crippen LogP contribution < -0.4 is 10.6 Å². The lowest BCUT2D eigenvalue weighted by atomic mass is 10.2. The van der Waals surface area contributed by atoms with Gasteiger partial charge in [-0.3, -0.25) is 4.98 Å². The van der Waals surface area contributed by atoms with Gasteiger partial charge in [0.2, 0.25) is 0 Å².